The number of rotatable bonds is 9. The van der Waals surface area contributed by atoms with Crippen LogP contribution in [0.3, 0.4) is 0 Å². The van der Waals surface area contributed by atoms with Gasteiger partial charge >= 0.3 is 5.97 Å². The Bertz CT molecular complexity index is 1170. The van der Waals surface area contributed by atoms with E-state index in [1.165, 1.54) is 23.5 Å². The van der Waals surface area contributed by atoms with Gasteiger partial charge in [-0.2, -0.15) is 5.10 Å². The lowest BCUT2D eigenvalue weighted by Crippen LogP contribution is -2.26. The van der Waals surface area contributed by atoms with Crippen molar-refractivity contribution in [2.45, 2.75) is 24.7 Å². The molecule has 0 saturated heterocycles. The first-order chi connectivity index (χ1) is 14.2. The molecule has 3 N–H and O–H groups in total. The minimum absolute atomic E-state index is 0.00762. The molecule has 3 aromatic rings. The molecule has 0 bridgehead atoms. The minimum Gasteiger partial charge on any atom is -0.481 e. The maximum atomic E-state index is 12.1. The number of nitrogens with zero attached hydrogens (tertiary/aromatic N) is 3. The Morgan fingerprint density at radius 1 is 1.27 bits per heavy atom. The van der Waals surface area contributed by atoms with Crippen LogP contribution >= 0.6 is 11.3 Å². The van der Waals surface area contributed by atoms with E-state index in [0.29, 0.717) is 17.0 Å². The molecule has 0 fully saturated rings. The number of carbonyl (C=O) groups is 2. The van der Waals surface area contributed by atoms with E-state index >= 15 is 0 Å². The monoisotopic (exact) mass is 449 g/mol. The van der Waals surface area contributed by atoms with Crippen LogP contribution in [0.4, 0.5) is 0 Å². The molecule has 0 atom stereocenters. The molecular weight excluding hydrogens is 430 g/mol. The molecule has 10 nitrogen and oxygen atoms in total. The molecule has 1 amide bonds. The number of hydrogen-bond acceptors (Lipinski definition) is 7. The Hall–Kier alpha value is -3.09. The Morgan fingerprint density at radius 3 is 2.67 bits per heavy atom. The van der Waals surface area contributed by atoms with Crippen LogP contribution in [0, 0.1) is 0 Å². The van der Waals surface area contributed by atoms with Crippen molar-refractivity contribution in [1.29, 1.82) is 0 Å². The number of aromatic nitrogens is 2. The van der Waals surface area contributed by atoms with Crippen LogP contribution in [0.1, 0.15) is 24.6 Å². The van der Waals surface area contributed by atoms with E-state index in [0.717, 1.165) is 4.96 Å². The van der Waals surface area contributed by atoms with Gasteiger partial charge in [0.1, 0.15) is 0 Å². The molecule has 2 aromatic heterocycles. The van der Waals surface area contributed by atoms with Gasteiger partial charge in [-0.15, -0.1) is 11.3 Å². The summed E-state index contributed by atoms with van der Waals surface area (Å²) in [7, 11) is -3.80. The summed E-state index contributed by atoms with van der Waals surface area (Å²) in [6.07, 6.45) is 3.43. The number of imidazole rings is 1. The Kier molecular flexibility index (Phi) is 6.59. The molecule has 158 valence electrons. The fraction of sp³-hybridized carbons (Fsp3) is 0.222. The van der Waals surface area contributed by atoms with Gasteiger partial charge in [0.05, 0.1) is 29.1 Å². The standard InChI is InChI=1S/C18H19N5O5S2/c1-12(21-22-16(24)10-14-11-23-8-9-29-18(23)20-14)13-2-4-15(5-3-13)30(27,28)19-7-6-17(25)26/h2-5,8-9,11,19H,6-7,10H2,1H3,(H,22,24)(H,25,26)/b21-12-. The third-order valence-electron chi connectivity index (χ3n) is 4.05. The fourth-order valence-corrected chi connectivity index (χ4v) is 4.28. The average Bonchev–Trinajstić information content (AvgIpc) is 3.27. The van der Waals surface area contributed by atoms with E-state index in [1.54, 1.807) is 25.3 Å². The first-order valence-electron chi connectivity index (χ1n) is 8.81. The van der Waals surface area contributed by atoms with Crippen molar-refractivity contribution in [3.05, 3.63) is 53.3 Å². The van der Waals surface area contributed by atoms with Gasteiger partial charge in [-0.3, -0.25) is 14.0 Å². The van der Waals surface area contributed by atoms with Crippen molar-refractivity contribution in [2.75, 3.05) is 6.54 Å². The van der Waals surface area contributed by atoms with E-state index in [9.17, 15) is 18.0 Å². The van der Waals surface area contributed by atoms with Crippen molar-refractivity contribution in [2.24, 2.45) is 5.10 Å². The molecular formula is C18H19N5O5S2. The maximum Gasteiger partial charge on any atom is 0.304 e. The van der Waals surface area contributed by atoms with Crippen LogP contribution in [0.2, 0.25) is 0 Å². The third-order valence-corrected chi connectivity index (χ3v) is 6.29. The van der Waals surface area contributed by atoms with Gasteiger partial charge < -0.3 is 5.11 Å². The molecule has 0 saturated carbocycles. The van der Waals surface area contributed by atoms with Crippen LogP contribution in [0.25, 0.3) is 4.96 Å². The quantitative estimate of drug-likeness (QED) is 0.331. The zero-order valence-electron chi connectivity index (χ0n) is 15.9. The minimum atomic E-state index is -3.80. The molecule has 3 rings (SSSR count). The van der Waals surface area contributed by atoms with Gasteiger partial charge in [-0.25, -0.2) is 23.5 Å². The summed E-state index contributed by atoms with van der Waals surface area (Å²) < 4.78 is 28.3. The van der Waals surface area contributed by atoms with Crippen molar-refractivity contribution >= 4 is 43.9 Å². The summed E-state index contributed by atoms with van der Waals surface area (Å²) in [5, 5.41) is 14.5. The predicted octanol–water partition coefficient (Wildman–Crippen LogP) is 1.23. The summed E-state index contributed by atoms with van der Waals surface area (Å²) in [5.41, 5.74) is 4.23. The van der Waals surface area contributed by atoms with E-state index in [1.807, 2.05) is 16.0 Å². The topological polar surface area (TPSA) is 142 Å². The first kappa shape index (κ1) is 21.6. The molecule has 0 aliphatic carbocycles. The lowest BCUT2D eigenvalue weighted by molar-refractivity contribution is -0.136. The van der Waals surface area contributed by atoms with Gasteiger partial charge in [-0.05, 0) is 24.6 Å². The summed E-state index contributed by atoms with van der Waals surface area (Å²) >= 11 is 1.48. The number of fused-ring (bicyclic) bond motifs is 1. The molecule has 0 aliphatic heterocycles. The summed E-state index contributed by atoms with van der Waals surface area (Å²) in [5.74, 6) is -1.41. The zero-order chi connectivity index (χ0) is 21.7. The van der Waals surface area contributed by atoms with Crippen molar-refractivity contribution < 1.29 is 23.1 Å². The molecule has 0 unspecified atom stereocenters. The van der Waals surface area contributed by atoms with Gasteiger partial charge in [0.2, 0.25) is 15.9 Å². The number of sulfonamides is 1. The Morgan fingerprint density at radius 2 is 2.00 bits per heavy atom. The van der Waals surface area contributed by atoms with Crippen LogP contribution in [0.5, 0.6) is 0 Å². The second kappa shape index (κ2) is 9.15. The van der Waals surface area contributed by atoms with Crippen molar-refractivity contribution in [1.82, 2.24) is 19.5 Å². The van der Waals surface area contributed by atoms with Gasteiger partial charge in [0, 0.05) is 24.3 Å². The third kappa shape index (κ3) is 5.49. The van der Waals surface area contributed by atoms with Crippen molar-refractivity contribution in [3.8, 4) is 0 Å². The number of carboxylic acid groups (broad SMARTS) is 1. The first-order valence-corrected chi connectivity index (χ1v) is 11.2. The smallest absolute Gasteiger partial charge is 0.304 e. The number of nitrogens with one attached hydrogen (secondary N) is 2. The van der Waals surface area contributed by atoms with Crippen molar-refractivity contribution in [3.63, 3.8) is 0 Å². The highest BCUT2D eigenvalue weighted by molar-refractivity contribution is 7.89. The van der Waals surface area contributed by atoms with Crippen LogP contribution < -0.4 is 10.1 Å². The Labute approximate surface area is 176 Å². The molecule has 12 heteroatoms. The summed E-state index contributed by atoms with van der Waals surface area (Å²) in [6, 6.07) is 5.88. The second-order valence-electron chi connectivity index (χ2n) is 6.30. The molecule has 0 radical (unpaired) electrons. The number of aliphatic carboxylic acids is 1. The van der Waals surface area contributed by atoms with E-state index in [4.69, 9.17) is 5.11 Å². The van der Waals surface area contributed by atoms with Crippen LogP contribution in [0.15, 0.2) is 52.0 Å². The zero-order valence-corrected chi connectivity index (χ0v) is 17.5. The predicted molar refractivity (Wildman–Crippen MR) is 111 cm³/mol. The van der Waals surface area contributed by atoms with E-state index < -0.39 is 16.0 Å². The fourth-order valence-electron chi connectivity index (χ4n) is 2.53. The van der Waals surface area contributed by atoms with Gasteiger partial charge in [0.25, 0.3) is 0 Å². The molecule has 0 aliphatic rings. The highest BCUT2D eigenvalue weighted by atomic mass is 32.2. The van der Waals surface area contributed by atoms with Crippen LogP contribution in [-0.2, 0) is 26.0 Å². The molecule has 0 spiro atoms. The lowest BCUT2D eigenvalue weighted by atomic mass is 10.1. The summed E-state index contributed by atoms with van der Waals surface area (Å²) in [4.78, 5) is 27.7. The second-order valence-corrected chi connectivity index (χ2v) is 8.94. The van der Waals surface area contributed by atoms with Crippen LogP contribution in [-0.4, -0.2) is 47.0 Å². The van der Waals surface area contributed by atoms with Gasteiger partial charge in [-0.1, -0.05) is 12.1 Å². The number of benzene rings is 1. The lowest BCUT2D eigenvalue weighted by Gasteiger charge is -2.07. The molecule has 2 heterocycles. The van der Waals surface area contributed by atoms with Gasteiger partial charge in [0.15, 0.2) is 4.96 Å². The highest BCUT2D eigenvalue weighted by Crippen LogP contribution is 2.12. The number of hydrogen-bond donors (Lipinski definition) is 3. The molecule has 30 heavy (non-hydrogen) atoms. The SMILES string of the molecule is C/C(=N/NC(=O)Cc1cn2ccsc2n1)c1ccc(S(=O)(=O)NCCC(=O)O)cc1. The summed E-state index contributed by atoms with van der Waals surface area (Å²) in [6.45, 7) is 1.49. The van der Waals surface area contributed by atoms with E-state index in [-0.39, 0.29) is 30.2 Å². The highest BCUT2D eigenvalue weighted by Gasteiger charge is 2.14. The number of amides is 1. The molecule has 1 aromatic carbocycles. The maximum absolute atomic E-state index is 12.1. The number of hydrazone groups is 1. The number of thiazole rings is 1. The number of carbonyl (C=O) groups excluding carboxylic acids is 1. The number of carboxylic acids is 1. The normalized spacial score (nSPS) is 12.2. The average molecular weight is 450 g/mol. The Balaban J connectivity index is 1.58. The largest absolute Gasteiger partial charge is 0.481 e. The van der Waals surface area contributed by atoms with E-state index in [2.05, 4.69) is 20.2 Å².